The highest BCUT2D eigenvalue weighted by molar-refractivity contribution is 7.98. The molecule has 32 heavy (non-hydrogen) atoms. The number of hydrogen-bond donors (Lipinski definition) is 2. The molecule has 2 N–H and O–H groups in total. The maximum Gasteiger partial charge on any atom is 0.328 e. The molecule has 1 unspecified atom stereocenters. The molecule has 7 heteroatoms. The van der Waals surface area contributed by atoms with Gasteiger partial charge in [0.2, 0.25) is 0 Å². The van der Waals surface area contributed by atoms with Crippen LogP contribution in [-0.4, -0.2) is 53.3 Å². The Bertz CT molecular complexity index is 876. The summed E-state index contributed by atoms with van der Waals surface area (Å²) >= 11 is 1.93. The highest BCUT2D eigenvalue weighted by Gasteiger charge is 2.24. The van der Waals surface area contributed by atoms with Crippen LogP contribution >= 0.6 is 11.8 Å². The first-order valence-corrected chi connectivity index (χ1v) is 11.8. The molecule has 1 atom stereocenters. The molecule has 170 valence electrons. The van der Waals surface area contributed by atoms with Crippen molar-refractivity contribution in [2.45, 2.75) is 36.0 Å². The van der Waals surface area contributed by atoms with Crippen LogP contribution < -0.4 is 0 Å². The summed E-state index contributed by atoms with van der Waals surface area (Å²) < 4.78 is 6.46. The first kappa shape index (κ1) is 24.0. The van der Waals surface area contributed by atoms with Crippen molar-refractivity contribution in [2.24, 2.45) is 0 Å². The van der Waals surface area contributed by atoms with Gasteiger partial charge in [0.1, 0.15) is 6.10 Å². The van der Waals surface area contributed by atoms with Gasteiger partial charge in [0.05, 0.1) is 6.61 Å². The van der Waals surface area contributed by atoms with Crippen molar-refractivity contribution >= 4 is 23.7 Å². The summed E-state index contributed by atoms with van der Waals surface area (Å²) in [5.74, 6) is -1.49. The van der Waals surface area contributed by atoms with Crippen LogP contribution in [0.25, 0.3) is 0 Å². The summed E-state index contributed by atoms with van der Waals surface area (Å²) in [5.41, 5.74) is 4.07. The Morgan fingerprint density at radius 2 is 1.56 bits per heavy atom. The molecule has 0 spiro atoms. The van der Waals surface area contributed by atoms with E-state index < -0.39 is 11.9 Å². The highest BCUT2D eigenvalue weighted by Crippen LogP contribution is 2.40. The minimum Gasteiger partial charge on any atom is -0.478 e. The van der Waals surface area contributed by atoms with Gasteiger partial charge in [0.25, 0.3) is 0 Å². The second-order valence-electron chi connectivity index (χ2n) is 7.69. The Hall–Kier alpha value is -2.61. The number of likely N-dealkylation sites (tertiary alicyclic amines) is 1. The summed E-state index contributed by atoms with van der Waals surface area (Å²) in [6.07, 6.45) is 5.25. The predicted octanol–water partition coefficient (Wildman–Crippen LogP) is 4.60. The standard InChI is InChI=1S/C21H25NOS.C4H4O4/c1-6-12-22(13-7-1)14-15-23-21-18-9-3-2-8-17(18)16-24-20-11-5-4-10-19(20)21;5-3(6)1-2-4(7)8/h2-5,8-11,21H,1,6-7,12-16H2;1-2H,(H,5,6)(H,7,8)/b;2-1+. The molecule has 0 aromatic heterocycles. The fourth-order valence-corrected chi connectivity index (χ4v) is 4.97. The second kappa shape index (κ2) is 12.4. The molecule has 2 aromatic carbocycles. The summed E-state index contributed by atoms with van der Waals surface area (Å²) in [6.45, 7) is 4.32. The number of fused-ring (bicyclic) bond motifs is 2. The number of nitrogens with zero attached hydrogens (tertiary/aromatic N) is 1. The quantitative estimate of drug-likeness (QED) is 0.616. The Morgan fingerprint density at radius 3 is 2.25 bits per heavy atom. The van der Waals surface area contributed by atoms with E-state index in [2.05, 4.69) is 53.4 Å². The smallest absolute Gasteiger partial charge is 0.328 e. The summed E-state index contributed by atoms with van der Waals surface area (Å²) in [4.78, 5) is 23.0. The molecule has 6 nitrogen and oxygen atoms in total. The number of benzene rings is 2. The third-order valence-corrected chi connectivity index (χ3v) is 6.57. The second-order valence-corrected chi connectivity index (χ2v) is 8.71. The van der Waals surface area contributed by atoms with E-state index in [0.717, 1.165) is 18.9 Å². The van der Waals surface area contributed by atoms with Gasteiger partial charge in [-0.25, -0.2) is 9.59 Å². The number of carbonyl (C=O) groups is 2. The molecule has 0 radical (unpaired) electrons. The number of thioether (sulfide) groups is 1. The summed E-state index contributed by atoms with van der Waals surface area (Å²) in [7, 11) is 0. The number of carboxylic acid groups (broad SMARTS) is 2. The third-order valence-electron chi connectivity index (χ3n) is 5.43. The maximum absolute atomic E-state index is 9.55. The lowest BCUT2D eigenvalue weighted by atomic mass is 9.97. The molecule has 2 aliphatic rings. The van der Waals surface area contributed by atoms with Crippen LogP contribution in [0, 0.1) is 0 Å². The van der Waals surface area contributed by atoms with Crippen molar-refractivity contribution in [3.63, 3.8) is 0 Å². The third kappa shape index (κ3) is 7.22. The zero-order chi connectivity index (χ0) is 22.8. The normalized spacial score (nSPS) is 18.1. The molecule has 2 aliphatic heterocycles. The predicted molar refractivity (Wildman–Crippen MR) is 125 cm³/mol. The Balaban J connectivity index is 0.000000312. The van der Waals surface area contributed by atoms with Gasteiger partial charge in [-0.1, -0.05) is 48.9 Å². The molecule has 2 heterocycles. The van der Waals surface area contributed by atoms with Gasteiger partial charge in [-0.3, -0.25) is 0 Å². The monoisotopic (exact) mass is 455 g/mol. The zero-order valence-electron chi connectivity index (χ0n) is 18.0. The number of ether oxygens (including phenoxy) is 1. The van der Waals surface area contributed by atoms with Gasteiger partial charge in [-0.15, -0.1) is 11.8 Å². The number of rotatable bonds is 6. The van der Waals surface area contributed by atoms with Gasteiger partial charge in [0.15, 0.2) is 0 Å². The topological polar surface area (TPSA) is 87.1 Å². The molecule has 0 amide bonds. The fourth-order valence-electron chi connectivity index (χ4n) is 3.88. The Morgan fingerprint density at radius 1 is 0.938 bits per heavy atom. The first-order chi connectivity index (χ1) is 15.5. The van der Waals surface area contributed by atoms with Gasteiger partial charge in [-0.2, -0.15) is 0 Å². The fraction of sp³-hybridized carbons (Fsp3) is 0.360. The molecule has 0 aliphatic carbocycles. The maximum atomic E-state index is 9.55. The lowest BCUT2D eigenvalue weighted by Gasteiger charge is -2.27. The highest BCUT2D eigenvalue weighted by atomic mass is 32.2. The molecular weight excluding hydrogens is 426 g/mol. The first-order valence-electron chi connectivity index (χ1n) is 10.8. The van der Waals surface area contributed by atoms with Crippen molar-refractivity contribution in [1.82, 2.24) is 4.90 Å². The number of aliphatic carboxylic acids is 2. The zero-order valence-corrected chi connectivity index (χ0v) is 18.8. The molecular formula is C25H29NO5S. The Kier molecular flexibility index (Phi) is 9.34. The van der Waals surface area contributed by atoms with Crippen molar-refractivity contribution < 1.29 is 24.5 Å². The van der Waals surface area contributed by atoms with E-state index in [1.54, 1.807) is 0 Å². The minimum atomic E-state index is -1.26. The molecule has 0 saturated carbocycles. The number of piperidine rings is 1. The average Bonchev–Trinajstić information content (AvgIpc) is 2.96. The van der Waals surface area contributed by atoms with Crippen LogP contribution in [0.3, 0.4) is 0 Å². The number of hydrogen-bond acceptors (Lipinski definition) is 5. The molecule has 2 aromatic rings. The lowest BCUT2D eigenvalue weighted by Crippen LogP contribution is -2.33. The van der Waals surface area contributed by atoms with Crippen molar-refractivity contribution in [3.8, 4) is 0 Å². The summed E-state index contributed by atoms with van der Waals surface area (Å²) in [6, 6.07) is 17.5. The molecule has 4 rings (SSSR count). The van der Waals surface area contributed by atoms with Crippen LogP contribution in [0.4, 0.5) is 0 Å². The van der Waals surface area contributed by atoms with Crippen LogP contribution in [0.15, 0.2) is 65.6 Å². The van der Waals surface area contributed by atoms with E-state index in [-0.39, 0.29) is 6.10 Å². The minimum absolute atomic E-state index is 0.0668. The molecule has 1 fully saturated rings. The molecule has 0 bridgehead atoms. The van der Waals surface area contributed by atoms with Gasteiger partial charge in [-0.05, 0) is 48.7 Å². The lowest BCUT2D eigenvalue weighted by molar-refractivity contribution is -0.134. The van der Waals surface area contributed by atoms with E-state index in [9.17, 15) is 9.59 Å². The van der Waals surface area contributed by atoms with Gasteiger partial charge >= 0.3 is 11.9 Å². The van der Waals surface area contributed by atoms with Gasteiger partial charge < -0.3 is 19.8 Å². The van der Waals surface area contributed by atoms with Crippen molar-refractivity contribution in [1.29, 1.82) is 0 Å². The van der Waals surface area contributed by atoms with E-state index >= 15 is 0 Å². The van der Waals surface area contributed by atoms with Crippen molar-refractivity contribution in [3.05, 3.63) is 77.4 Å². The average molecular weight is 456 g/mol. The van der Waals surface area contributed by atoms with E-state index in [4.69, 9.17) is 14.9 Å². The van der Waals surface area contributed by atoms with E-state index in [0.29, 0.717) is 12.2 Å². The van der Waals surface area contributed by atoms with E-state index in [1.165, 1.54) is 53.9 Å². The number of carboxylic acids is 2. The molecule has 1 saturated heterocycles. The Labute approximate surface area is 192 Å². The van der Waals surface area contributed by atoms with Crippen LogP contribution in [0.5, 0.6) is 0 Å². The van der Waals surface area contributed by atoms with Crippen molar-refractivity contribution in [2.75, 3.05) is 26.2 Å². The SMILES string of the molecule is O=C(O)/C=C/C(=O)O.c1ccc2c(c1)CSc1ccccc1C2OCCN1CCCCC1. The summed E-state index contributed by atoms with van der Waals surface area (Å²) in [5, 5.41) is 15.6. The largest absolute Gasteiger partial charge is 0.478 e. The van der Waals surface area contributed by atoms with Gasteiger partial charge in [0, 0.05) is 29.3 Å². The van der Waals surface area contributed by atoms with Crippen LogP contribution in [0.2, 0.25) is 0 Å². The van der Waals surface area contributed by atoms with Crippen LogP contribution in [-0.2, 0) is 20.1 Å². The van der Waals surface area contributed by atoms with E-state index in [1.807, 2.05) is 11.8 Å². The van der Waals surface area contributed by atoms with Crippen LogP contribution in [0.1, 0.15) is 42.1 Å².